The zero-order chi connectivity index (χ0) is 15.0. The number of hydrogen-bond acceptors (Lipinski definition) is 1. The van der Waals surface area contributed by atoms with E-state index < -0.39 is 0 Å². The van der Waals surface area contributed by atoms with Crippen molar-refractivity contribution in [2.75, 3.05) is 13.1 Å². The Kier molecular flexibility index (Phi) is 7.61. The summed E-state index contributed by atoms with van der Waals surface area (Å²) in [6, 6.07) is 9.03. The largest absolute Gasteiger partial charge is 0.313 e. The predicted octanol–water partition coefficient (Wildman–Crippen LogP) is 4.92. The lowest BCUT2D eigenvalue weighted by atomic mass is 9.98. The van der Waals surface area contributed by atoms with E-state index in [2.05, 4.69) is 70.3 Å². The summed E-state index contributed by atoms with van der Waals surface area (Å²) in [5.74, 6) is 1.32. The molecule has 0 fully saturated rings. The molecule has 0 aliphatic carbocycles. The van der Waals surface area contributed by atoms with Gasteiger partial charge in [0, 0.05) is 6.54 Å². The van der Waals surface area contributed by atoms with Gasteiger partial charge in [0.2, 0.25) is 0 Å². The van der Waals surface area contributed by atoms with Gasteiger partial charge in [-0.15, -0.1) is 0 Å². The Bertz CT molecular complexity index is 398. The Balaban J connectivity index is 2.72. The van der Waals surface area contributed by atoms with Crippen LogP contribution < -0.4 is 5.32 Å². The van der Waals surface area contributed by atoms with Crippen LogP contribution in [0.25, 0.3) is 6.08 Å². The maximum absolute atomic E-state index is 3.51. The van der Waals surface area contributed by atoms with Gasteiger partial charge in [0.15, 0.2) is 0 Å². The van der Waals surface area contributed by atoms with Crippen molar-refractivity contribution < 1.29 is 0 Å². The molecular formula is C19H31N. The lowest BCUT2D eigenvalue weighted by molar-refractivity contribution is 0.647. The molecule has 1 rings (SSSR count). The standard InChI is InChI=1S/C19H31N/c1-6-11-20-14-19(16(4)5)13-18-9-7-17(8-10-18)12-15(2)3/h7-10,13,15-16,20H,6,11-12,14H2,1-5H3/b19-13-. The molecule has 1 aromatic rings. The third-order valence-electron chi connectivity index (χ3n) is 3.47. The van der Waals surface area contributed by atoms with Crippen molar-refractivity contribution >= 4 is 6.08 Å². The molecule has 1 aromatic carbocycles. The summed E-state index contributed by atoms with van der Waals surface area (Å²) in [4.78, 5) is 0. The van der Waals surface area contributed by atoms with Gasteiger partial charge in [-0.1, -0.05) is 70.5 Å². The van der Waals surface area contributed by atoms with E-state index in [1.165, 1.54) is 29.5 Å². The molecule has 20 heavy (non-hydrogen) atoms. The van der Waals surface area contributed by atoms with E-state index in [9.17, 15) is 0 Å². The van der Waals surface area contributed by atoms with Gasteiger partial charge in [0.05, 0.1) is 0 Å². The normalized spacial score (nSPS) is 12.4. The van der Waals surface area contributed by atoms with Gasteiger partial charge in [-0.25, -0.2) is 0 Å². The van der Waals surface area contributed by atoms with Crippen molar-refractivity contribution in [3.8, 4) is 0 Å². The maximum atomic E-state index is 3.51. The highest BCUT2D eigenvalue weighted by molar-refractivity contribution is 5.54. The fourth-order valence-corrected chi connectivity index (χ4v) is 2.27. The monoisotopic (exact) mass is 273 g/mol. The Labute approximate surface area is 125 Å². The molecule has 0 saturated heterocycles. The minimum Gasteiger partial charge on any atom is -0.313 e. The minimum atomic E-state index is 0.592. The summed E-state index contributed by atoms with van der Waals surface area (Å²) in [5.41, 5.74) is 4.24. The predicted molar refractivity (Wildman–Crippen MR) is 91.0 cm³/mol. The number of hydrogen-bond donors (Lipinski definition) is 1. The Morgan fingerprint density at radius 2 is 1.75 bits per heavy atom. The molecule has 0 radical (unpaired) electrons. The van der Waals surface area contributed by atoms with E-state index in [0.717, 1.165) is 19.0 Å². The molecule has 1 N–H and O–H groups in total. The van der Waals surface area contributed by atoms with E-state index in [0.29, 0.717) is 5.92 Å². The van der Waals surface area contributed by atoms with Crippen molar-refractivity contribution in [3.63, 3.8) is 0 Å². The topological polar surface area (TPSA) is 12.0 Å². The molecule has 0 spiro atoms. The molecule has 0 aliphatic heterocycles. The SMILES string of the molecule is CCCNC/C(=C/c1ccc(CC(C)C)cc1)C(C)C. The smallest absolute Gasteiger partial charge is 0.0170 e. The Hall–Kier alpha value is -1.08. The Morgan fingerprint density at radius 3 is 2.25 bits per heavy atom. The molecule has 1 nitrogen and oxygen atoms in total. The summed E-state index contributed by atoms with van der Waals surface area (Å²) in [6.45, 7) is 13.4. The van der Waals surface area contributed by atoms with Gasteiger partial charge >= 0.3 is 0 Å². The van der Waals surface area contributed by atoms with Gasteiger partial charge in [-0.3, -0.25) is 0 Å². The molecule has 0 aliphatic rings. The van der Waals surface area contributed by atoms with Crippen LogP contribution in [0, 0.1) is 11.8 Å². The second-order valence-corrected chi connectivity index (χ2v) is 6.39. The average Bonchev–Trinajstić information content (AvgIpc) is 2.39. The van der Waals surface area contributed by atoms with Crippen LogP contribution in [0.15, 0.2) is 29.8 Å². The van der Waals surface area contributed by atoms with E-state index >= 15 is 0 Å². The second-order valence-electron chi connectivity index (χ2n) is 6.39. The highest BCUT2D eigenvalue weighted by Gasteiger charge is 2.03. The zero-order valence-electron chi connectivity index (χ0n) is 13.9. The van der Waals surface area contributed by atoms with Crippen LogP contribution in [0.5, 0.6) is 0 Å². The van der Waals surface area contributed by atoms with E-state index in [-0.39, 0.29) is 0 Å². The lowest BCUT2D eigenvalue weighted by Gasteiger charge is -2.13. The summed E-state index contributed by atoms with van der Waals surface area (Å²) in [5, 5.41) is 3.51. The van der Waals surface area contributed by atoms with E-state index in [4.69, 9.17) is 0 Å². The first-order chi connectivity index (χ1) is 9.52. The quantitative estimate of drug-likeness (QED) is 0.663. The van der Waals surface area contributed by atoms with Crippen LogP contribution in [0.2, 0.25) is 0 Å². The first-order valence-electron chi connectivity index (χ1n) is 8.03. The molecule has 0 atom stereocenters. The molecule has 0 saturated carbocycles. The molecule has 0 unspecified atom stereocenters. The molecule has 0 heterocycles. The molecule has 0 aromatic heterocycles. The van der Waals surface area contributed by atoms with Gasteiger partial charge in [0.1, 0.15) is 0 Å². The minimum absolute atomic E-state index is 0.592. The highest BCUT2D eigenvalue weighted by Crippen LogP contribution is 2.16. The van der Waals surface area contributed by atoms with Crippen LogP contribution in [-0.4, -0.2) is 13.1 Å². The van der Waals surface area contributed by atoms with Gasteiger partial charge in [0.25, 0.3) is 0 Å². The van der Waals surface area contributed by atoms with Gasteiger partial charge in [-0.05, 0) is 42.3 Å². The third-order valence-corrected chi connectivity index (χ3v) is 3.47. The first kappa shape index (κ1) is 17.0. The fourth-order valence-electron chi connectivity index (χ4n) is 2.27. The maximum Gasteiger partial charge on any atom is 0.0170 e. The molecule has 0 amide bonds. The summed E-state index contributed by atoms with van der Waals surface area (Å²) < 4.78 is 0. The number of rotatable bonds is 8. The number of benzene rings is 1. The Morgan fingerprint density at radius 1 is 1.10 bits per heavy atom. The van der Waals surface area contributed by atoms with Gasteiger partial charge < -0.3 is 5.32 Å². The van der Waals surface area contributed by atoms with Crippen LogP contribution in [0.3, 0.4) is 0 Å². The average molecular weight is 273 g/mol. The van der Waals surface area contributed by atoms with Crippen LogP contribution >= 0.6 is 0 Å². The summed E-state index contributed by atoms with van der Waals surface area (Å²) in [7, 11) is 0. The molecular weight excluding hydrogens is 242 g/mol. The highest BCUT2D eigenvalue weighted by atomic mass is 14.8. The second kappa shape index (κ2) is 8.97. The van der Waals surface area contributed by atoms with Crippen molar-refractivity contribution in [3.05, 3.63) is 41.0 Å². The van der Waals surface area contributed by atoms with E-state index in [1.807, 2.05) is 0 Å². The van der Waals surface area contributed by atoms with Crippen LogP contribution in [0.4, 0.5) is 0 Å². The summed E-state index contributed by atoms with van der Waals surface area (Å²) in [6.07, 6.45) is 4.70. The van der Waals surface area contributed by atoms with Crippen molar-refractivity contribution in [1.82, 2.24) is 5.32 Å². The molecule has 0 bridgehead atoms. The third kappa shape index (κ3) is 6.38. The number of nitrogens with one attached hydrogen (secondary N) is 1. The zero-order valence-corrected chi connectivity index (χ0v) is 13.9. The molecule has 112 valence electrons. The fraction of sp³-hybridized carbons (Fsp3) is 0.579. The van der Waals surface area contributed by atoms with Crippen molar-refractivity contribution in [2.24, 2.45) is 11.8 Å². The molecule has 1 heteroatoms. The van der Waals surface area contributed by atoms with Gasteiger partial charge in [-0.2, -0.15) is 0 Å². The van der Waals surface area contributed by atoms with Crippen LogP contribution in [0.1, 0.15) is 52.2 Å². The van der Waals surface area contributed by atoms with Crippen molar-refractivity contribution in [1.29, 1.82) is 0 Å². The van der Waals surface area contributed by atoms with E-state index in [1.54, 1.807) is 0 Å². The van der Waals surface area contributed by atoms with Crippen LogP contribution in [-0.2, 0) is 6.42 Å². The lowest BCUT2D eigenvalue weighted by Crippen LogP contribution is -2.19. The summed E-state index contributed by atoms with van der Waals surface area (Å²) >= 11 is 0. The first-order valence-corrected chi connectivity index (χ1v) is 8.03. The van der Waals surface area contributed by atoms with Crippen molar-refractivity contribution in [2.45, 2.75) is 47.5 Å².